The lowest BCUT2D eigenvalue weighted by molar-refractivity contribution is -0.121. The first-order chi connectivity index (χ1) is 13.6. The van der Waals surface area contributed by atoms with Crippen LogP contribution in [0.5, 0.6) is 0 Å². The molecule has 1 heterocycles. The predicted octanol–water partition coefficient (Wildman–Crippen LogP) is 3.14. The van der Waals surface area contributed by atoms with Crippen LogP contribution >= 0.6 is 0 Å². The Balaban J connectivity index is 1.50. The maximum atomic E-state index is 12.2. The number of H-pyrrole nitrogens is 1. The van der Waals surface area contributed by atoms with Crippen LogP contribution in [0.2, 0.25) is 0 Å². The number of hydrogen-bond acceptors (Lipinski definition) is 3. The van der Waals surface area contributed by atoms with Crippen molar-refractivity contribution >= 4 is 28.4 Å². The number of rotatable bonds is 7. The fourth-order valence-corrected chi connectivity index (χ4v) is 3.16. The van der Waals surface area contributed by atoms with Gasteiger partial charge in [0.05, 0.1) is 11.6 Å². The number of anilines is 1. The molecule has 0 radical (unpaired) electrons. The topological polar surface area (TPSA) is 89.0 Å². The first kappa shape index (κ1) is 19.2. The summed E-state index contributed by atoms with van der Waals surface area (Å²) in [4.78, 5) is 28.9. The standard InChI is InChI=1S/C22H22N4O2/c1-16(27)26(19-8-6-17(14-23)7-9-19)13-11-22(28)24-12-10-18-15-25-21-5-3-2-4-20(18)21/h2-9,15,25H,10-13H2,1H3,(H,24,28). The highest BCUT2D eigenvalue weighted by Gasteiger charge is 2.13. The summed E-state index contributed by atoms with van der Waals surface area (Å²) in [6.45, 7) is 2.30. The van der Waals surface area contributed by atoms with Crippen LogP contribution in [0, 0.1) is 11.3 Å². The van der Waals surface area contributed by atoms with Gasteiger partial charge >= 0.3 is 0 Å². The minimum absolute atomic E-state index is 0.0975. The summed E-state index contributed by atoms with van der Waals surface area (Å²) < 4.78 is 0. The largest absolute Gasteiger partial charge is 0.361 e. The van der Waals surface area contributed by atoms with Crippen molar-refractivity contribution in [3.8, 4) is 6.07 Å². The number of nitrogens with one attached hydrogen (secondary N) is 2. The summed E-state index contributed by atoms with van der Waals surface area (Å²) in [6, 6.07) is 16.9. The Hall–Kier alpha value is -3.59. The molecule has 6 heteroatoms. The van der Waals surface area contributed by atoms with Crippen LogP contribution in [-0.2, 0) is 16.0 Å². The maximum absolute atomic E-state index is 12.2. The number of hydrogen-bond donors (Lipinski definition) is 2. The van der Waals surface area contributed by atoms with E-state index in [4.69, 9.17) is 5.26 Å². The van der Waals surface area contributed by atoms with Crippen molar-refractivity contribution in [3.63, 3.8) is 0 Å². The molecule has 0 unspecified atom stereocenters. The van der Waals surface area contributed by atoms with E-state index in [1.807, 2.05) is 30.5 Å². The van der Waals surface area contributed by atoms with Crippen molar-refractivity contribution in [2.24, 2.45) is 0 Å². The number of fused-ring (bicyclic) bond motifs is 1. The normalized spacial score (nSPS) is 10.4. The summed E-state index contributed by atoms with van der Waals surface area (Å²) in [5, 5.41) is 13.0. The molecular weight excluding hydrogens is 352 g/mol. The maximum Gasteiger partial charge on any atom is 0.223 e. The zero-order valence-corrected chi connectivity index (χ0v) is 15.7. The Kier molecular flexibility index (Phi) is 6.07. The molecule has 0 spiro atoms. The zero-order chi connectivity index (χ0) is 19.9. The molecule has 3 rings (SSSR count). The average molecular weight is 374 g/mol. The molecule has 0 aliphatic rings. The van der Waals surface area contributed by atoms with Crippen LogP contribution in [0.4, 0.5) is 5.69 Å². The number of aromatic nitrogens is 1. The number of para-hydroxylation sites is 1. The lowest BCUT2D eigenvalue weighted by atomic mass is 10.1. The van der Waals surface area contributed by atoms with Crippen molar-refractivity contribution in [3.05, 3.63) is 65.9 Å². The van der Waals surface area contributed by atoms with Crippen LogP contribution in [0.1, 0.15) is 24.5 Å². The van der Waals surface area contributed by atoms with E-state index in [2.05, 4.69) is 16.4 Å². The number of aromatic amines is 1. The molecular formula is C22H22N4O2. The van der Waals surface area contributed by atoms with Crippen LogP contribution in [0.15, 0.2) is 54.7 Å². The lowest BCUT2D eigenvalue weighted by Crippen LogP contribution is -2.34. The van der Waals surface area contributed by atoms with Gasteiger partial charge in [0, 0.05) is 49.2 Å². The Labute approximate surface area is 163 Å². The second-order valence-corrected chi connectivity index (χ2v) is 6.54. The molecule has 0 aliphatic carbocycles. The van der Waals surface area contributed by atoms with Crippen LogP contribution < -0.4 is 10.2 Å². The Morgan fingerprint density at radius 1 is 1.14 bits per heavy atom. The second kappa shape index (κ2) is 8.87. The molecule has 0 saturated carbocycles. The van der Waals surface area contributed by atoms with E-state index >= 15 is 0 Å². The van der Waals surface area contributed by atoms with Crippen molar-refractivity contribution < 1.29 is 9.59 Å². The molecule has 142 valence electrons. The van der Waals surface area contributed by atoms with Crippen molar-refractivity contribution in [2.45, 2.75) is 19.8 Å². The minimum Gasteiger partial charge on any atom is -0.361 e. The van der Waals surface area contributed by atoms with Gasteiger partial charge in [-0.25, -0.2) is 0 Å². The van der Waals surface area contributed by atoms with Gasteiger partial charge in [0.1, 0.15) is 0 Å². The first-order valence-electron chi connectivity index (χ1n) is 9.18. The van der Waals surface area contributed by atoms with E-state index in [9.17, 15) is 9.59 Å². The molecule has 0 bridgehead atoms. The highest BCUT2D eigenvalue weighted by Crippen LogP contribution is 2.18. The van der Waals surface area contributed by atoms with Gasteiger partial charge < -0.3 is 15.2 Å². The van der Waals surface area contributed by atoms with Gasteiger partial charge in [0.15, 0.2) is 0 Å². The van der Waals surface area contributed by atoms with Gasteiger partial charge in [-0.15, -0.1) is 0 Å². The SMILES string of the molecule is CC(=O)N(CCC(=O)NCCc1c[nH]c2ccccc12)c1ccc(C#N)cc1. The quantitative estimate of drug-likeness (QED) is 0.666. The Bertz CT molecular complexity index is 1010. The molecule has 1 aromatic heterocycles. The Morgan fingerprint density at radius 3 is 2.61 bits per heavy atom. The van der Waals surface area contributed by atoms with E-state index in [1.165, 1.54) is 17.9 Å². The number of benzene rings is 2. The molecule has 3 aromatic rings. The lowest BCUT2D eigenvalue weighted by Gasteiger charge is -2.21. The van der Waals surface area contributed by atoms with E-state index in [0.29, 0.717) is 24.3 Å². The van der Waals surface area contributed by atoms with Gasteiger partial charge in [-0.05, 0) is 42.3 Å². The molecule has 2 amide bonds. The van der Waals surface area contributed by atoms with Crippen LogP contribution in [-0.4, -0.2) is 29.9 Å². The van der Waals surface area contributed by atoms with Crippen LogP contribution in [0.25, 0.3) is 10.9 Å². The number of nitriles is 1. The number of nitrogens with zero attached hydrogens (tertiary/aromatic N) is 2. The fourth-order valence-electron chi connectivity index (χ4n) is 3.16. The molecule has 2 aromatic carbocycles. The van der Waals surface area contributed by atoms with Crippen molar-refractivity contribution in [1.29, 1.82) is 5.26 Å². The highest BCUT2D eigenvalue weighted by molar-refractivity contribution is 5.92. The summed E-state index contributed by atoms with van der Waals surface area (Å²) in [5.74, 6) is -0.240. The minimum atomic E-state index is -0.142. The van der Waals surface area contributed by atoms with Gasteiger partial charge in [-0.2, -0.15) is 5.26 Å². The summed E-state index contributed by atoms with van der Waals surface area (Å²) >= 11 is 0. The van der Waals surface area contributed by atoms with Crippen molar-refractivity contribution in [2.75, 3.05) is 18.0 Å². The van der Waals surface area contributed by atoms with E-state index in [-0.39, 0.29) is 18.2 Å². The third kappa shape index (κ3) is 4.57. The molecule has 2 N–H and O–H groups in total. The first-order valence-corrected chi connectivity index (χ1v) is 9.18. The van der Waals surface area contributed by atoms with Crippen molar-refractivity contribution in [1.82, 2.24) is 10.3 Å². The zero-order valence-electron chi connectivity index (χ0n) is 15.7. The van der Waals surface area contributed by atoms with E-state index < -0.39 is 0 Å². The summed E-state index contributed by atoms with van der Waals surface area (Å²) in [7, 11) is 0. The van der Waals surface area contributed by atoms with Gasteiger partial charge in [-0.3, -0.25) is 9.59 Å². The highest BCUT2D eigenvalue weighted by atomic mass is 16.2. The van der Waals surface area contributed by atoms with Gasteiger partial charge in [0.2, 0.25) is 11.8 Å². The molecule has 0 saturated heterocycles. The average Bonchev–Trinajstić information content (AvgIpc) is 3.11. The summed E-state index contributed by atoms with van der Waals surface area (Å²) in [5.41, 5.74) is 3.46. The predicted molar refractivity (Wildman–Crippen MR) is 109 cm³/mol. The molecule has 0 atom stereocenters. The molecule has 28 heavy (non-hydrogen) atoms. The van der Waals surface area contributed by atoms with E-state index in [0.717, 1.165) is 11.9 Å². The number of carbonyl (C=O) groups excluding carboxylic acids is 2. The third-order valence-corrected chi connectivity index (χ3v) is 4.64. The molecule has 0 aliphatic heterocycles. The van der Waals surface area contributed by atoms with Gasteiger partial charge in [-0.1, -0.05) is 18.2 Å². The summed E-state index contributed by atoms with van der Waals surface area (Å²) in [6.07, 6.45) is 2.93. The van der Waals surface area contributed by atoms with Gasteiger partial charge in [0.25, 0.3) is 0 Å². The second-order valence-electron chi connectivity index (χ2n) is 6.54. The smallest absolute Gasteiger partial charge is 0.223 e. The fraction of sp³-hybridized carbons (Fsp3) is 0.227. The number of amides is 2. The molecule has 0 fully saturated rings. The Morgan fingerprint density at radius 2 is 1.89 bits per heavy atom. The molecule has 6 nitrogen and oxygen atoms in total. The third-order valence-electron chi connectivity index (χ3n) is 4.64. The number of carbonyl (C=O) groups is 2. The monoisotopic (exact) mass is 374 g/mol. The van der Waals surface area contributed by atoms with E-state index in [1.54, 1.807) is 29.2 Å². The van der Waals surface area contributed by atoms with Crippen LogP contribution in [0.3, 0.4) is 0 Å².